The van der Waals surface area contributed by atoms with Crippen LogP contribution in [0, 0.1) is 0 Å². The lowest BCUT2D eigenvalue weighted by molar-refractivity contribution is -0.138. The number of nitrogens with one attached hydrogen (secondary N) is 1. The van der Waals surface area contributed by atoms with E-state index in [0.29, 0.717) is 12.8 Å². The maximum absolute atomic E-state index is 13.8. The van der Waals surface area contributed by atoms with Gasteiger partial charge in [-0.25, -0.2) is 4.57 Å². The molecule has 11 heteroatoms. The van der Waals surface area contributed by atoms with E-state index in [1.165, 1.54) is 12.1 Å². The normalized spacial score (nSPS) is 13.7. The number of nitrogens with two attached hydrogens (primary N) is 1. The van der Waals surface area contributed by atoms with Gasteiger partial charge in [-0.15, -0.1) is 0 Å². The van der Waals surface area contributed by atoms with Crippen LogP contribution in [0.1, 0.15) is 30.0 Å². The van der Waals surface area contributed by atoms with Gasteiger partial charge < -0.3 is 20.8 Å². The zero-order valence-corrected chi connectivity index (χ0v) is 20.9. The molecule has 3 rings (SSSR count). The Morgan fingerprint density at radius 2 is 1.59 bits per heavy atom. The minimum atomic E-state index is -4.88. The summed E-state index contributed by atoms with van der Waals surface area (Å²) in [5, 5.41) is 2.26. The molecule has 0 heterocycles. The number of phosphoric ester groups is 1. The summed E-state index contributed by atoms with van der Waals surface area (Å²) in [6, 6.07) is 21.2. The lowest BCUT2D eigenvalue weighted by Crippen LogP contribution is -2.52. The summed E-state index contributed by atoms with van der Waals surface area (Å²) in [7, 11) is -4.88. The van der Waals surface area contributed by atoms with Crippen molar-refractivity contribution in [2.75, 3.05) is 11.9 Å². The number of aryl methyl sites for hydroxylation is 2. The van der Waals surface area contributed by atoms with Gasteiger partial charge in [0.2, 0.25) is 5.91 Å². The van der Waals surface area contributed by atoms with Crippen molar-refractivity contribution < 1.29 is 36.8 Å². The van der Waals surface area contributed by atoms with E-state index in [1.54, 1.807) is 0 Å². The van der Waals surface area contributed by atoms with E-state index in [1.807, 2.05) is 54.6 Å². The zero-order chi connectivity index (χ0) is 27.3. The summed E-state index contributed by atoms with van der Waals surface area (Å²) in [5.74, 6) is -0.958. The maximum atomic E-state index is 13.8. The Balaban J connectivity index is 1.65. The smallest absolute Gasteiger partial charge is 0.324 e. The van der Waals surface area contributed by atoms with Crippen molar-refractivity contribution in [3.8, 4) is 11.1 Å². The molecule has 7 nitrogen and oxygen atoms in total. The largest absolute Gasteiger partial charge is 0.469 e. The minimum absolute atomic E-state index is 0.0896. The summed E-state index contributed by atoms with van der Waals surface area (Å²) >= 11 is 0. The summed E-state index contributed by atoms with van der Waals surface area (Å²) in [4.78, 5) is 30.0. The van der Waals surface area contributed by atoms with Crippen molar-refractivity contribution in [2.45, 2.75) is 37.9 Å². The van der Waals surface area contributed by atoms with Crippen LogP contribution >= 0.6 is 7.82 Å². The van der Waals surface area contributed by atoms with E-state index in [0.717, 1.165) is 29.7 Å². The molecule has 1 amide bonds. The summed E-state index contributed by atoms with van der Waals surface area (Å²) in [6.45, 7) is 0.309. The van der Waals surface area contributed by atoms with Gasteiger partial charge in [-0.2, -0.15) is 13.2 Å². The highest BCUT2D eigenvalue weighted by atomic mass is 31.2. The van der Waals surface area contributed by atoms with Crippen molar-refractivity contribution in [2.24, 2.45) is 5.73 Å². The minimum Gasteiger partial charge on any atom is -0.324 e. The molecular formula is C26H28F3N2O5P. The first kappa shape index (κ1) is 28.6. The van der Waals surface area contributed by atoms with Crippen molar-refractivity contribution in [1.29, 1.82) is 0 Å². The fourth-order valence-corrected chi connectivity index (χ4v) is 4.11. The van der Waals surface area contributed by atoms with Crippen LogP contribution in [0.15, 0.2) is 72.8 Å². The Bertz CT molecular complexity index is 1260. The Kier molecular flexibility index (Phi) is 8.94. The molecule has 0 aliphatic heterocycles. The molecule has 0 aromatic heterocycles. The molecule has 3 aromatic rings. The monoisotopic (exact) mass is 536 g/mol. The Labute approximate surface area is 212 Å². The number of phosphoric acid groups is 1. The summed E-state index contributed by atoms with van der Waals surface area (Å²) in [6.07, 6.45) is -3.40. The highest BCUT2D eigenvalue weighted by Gasteiger charge is 2.35. The van der Waals surface area contributed by atoms with Gasteiger partial charge in [0.15, 0.2) is 0 Å². The number of halogens is 3. The van der Waals surface area contributed by atoms with E-state index in [9.17, 15) is 22.5 Å². The van der Waals surface area contributed by atoms with Gasteiger partial charge in [-0.1, -0.05) is 60.7 Å². The lowest BCUT2D eigenvalue weighted by atomic mass is 9.97. The van der Waals surface area contributed by atoms with Crippen molar-refractivity contribution in [3.05, 3.63) is 89.5 Å². The third-order valence-corrected chi connectivity index (χ3v) is 6.16. The molecule has 0 radical (unpaired) electrons. The number of benzene rings is 3. The third-order valence-electron chi connectivity index (χ3n) is 5.70. The van der Waals surface area contributed by atoms with Crippen molar-refractivity contribution in [3.63, 3.8) is 0 Å². The Morgan fingerprint density at radius 3 is 2.19 bits per heavy atom. The number of hydrogen-bond donors (Lipinski definition) is 4. The van der Waals surface area contributed by atoms with Crippen LogP contribution in [0.4, 0.5) is 18.9 Å². The number of alkyl halides is 3. The first-order chi connectivity index (χ1) is 17.2. The number of hydrogen-bond acceptors (Lipinski definition) is 4. The lowest BCUT2D eigenvalue weighted by Gasteiger charge is -2.24. The Morgan fingerprint density at radius 1 is 0.973 bits per heavy atom. The molecule has 0 fully saturated rings. The maximum Gasteiger partial charge on any atom is 0.469 e. The second-order valence-corrected chi connectivity index (χ2v) is 10.2. The van der Waals surface area contributed by atoms with E-state index >= 15 is 0 Å². The van der Waals surface area contributed by atoms with Crippen LogP contribution in [-0.2, 0) is 32.9 Å². The molecule has 0 unspecified atom stereocenters. The number of amides is 1. The van der Waals surface area contributed by atoms with Gasteiger partial charge >= 0.3 is 14.0 Å². The van der Waals surface area contributed by atoms with Gasteiger partial charge in [-0.05, 0) is 60.6 Å². The molecule has 0 aliphatic carbocycles. The Hall–Kier alpha value is -3.01. The predicted molar refractivity (Wildman–Crippen MR) is 135 cm³/mol. The van der Waals surface area contributed by atoms with Crippen LogP contribution < -0.4 is 11.1 Å². The fraction of sp³-hybridized carbons (Fsp3) is 0.269. The van der Waals surface area contributed by atoms with Crippen LogP contribution in [0.25, 0.3) is 11.1 Å². The van der Waals surface area contributed by atoms with Crippen LogP contribution in [0.3, 0.4) is 0 Å². The van der Waals surface area contributed by atoms with Crippen molar-refractivity contribution in [1.82, 2.24) is 0 Å². The molecule has 3 aromatic carbocycles. The standard InChI is InChI=1S/C26H28F3N2O5P/c1-25(30,17-36-37(33,34)35)24(32)31-22-15-14-21(23(16-22)26(27,28)29)9-5-6-18-10-12-20(13-11-18)19-7-3-2-4-8-19/h2-4,7-8,10-16H,5-6,9,17,30H2,1H3,(H,31,32)(H2,33,34,35)/t25-/m0/s1. The van der Waals surface area contributed by atoms with E-state index in [2.05, 4.69) is 9.84 Å². The van der Waals surface area contributed by atoms with E-state index in [-0.39, 0.29) is 17.7 Å². The fourth-order valence-electron chi connectivity index (χ4n) is 3.67. The number of carbonyl (C=O) groups excluding carboxylic acids is 1. The average Bonchev–Trinajstić information content (AvgIpc) is 2.83. The average molecular weight is 536 g/mol. The van der Waals surface area contributed by atoms with Gasteiger partial charge in [0.05, 0.1) is 12.2 Å². The van der Waals surface area contributed by atoms with Crippen molar-refractivity contribution >= 4 is 19.4 Å². The molecule has 198 valence electrons. The van der Waals surface area contributed by atoms with Crippen LogP contribution in [0.2, 0.25) is 0 Å². The highest BCUT2D eigenvalue weighted by molar-refractivity contribution is 7.46. The zero-order valence-electron chi connectivity index (χ0n) is 20.0. The number of rotatable bonds is 10. The molecule has 0 saturated heterocycles. The summed E-state index contributed by atoms with van der Waals surface area (Å²) in [5.41, 5.74) is 6.05. The SMILES string of the molecule is C[C@](N)(COP(=O)(O)O)C(=O)Nc1ccc(CCCc2ccc(-c3ccccc3)cc2)c(C(F)(F)F)c1. The van der Waals surface area contributed by atoms with Gasteiger partial charge in [0, 0.05) is 5.69 Å². The van der Waals surface area contributed by atoms with E-state index < -0.39 is 37.6 Å². The quantitative estimate of drug-likeness (QED) is 0.261. The topological polar surface area (TPSA) is 122 Å². The first-order valence-corrected chi connectivity index (χ1v) is 12.9. The van der Waals surface area contributed by atoms with Gasteiger partial charge in [0.25, 0.3) is 0 Å². The second kappa shape index (κ2) is 11.6. The van der Waals surface area contributed by atoms with Crippen LogP contribution in [-0.4, -0.2) is 27.8 Å². The molecule has 0 spiro atoms. The first-order valence-electron chi connectivity index (χ1n) is 11.4. The van der Waals surface area contributed by atoms with Gasteiger partial charge in [-0.3, -0.25) is 9.32 Å². The number of anilines is 1. The molecule has 0 saturated carbocycles. The summed E-state index contributed by atoms with van der Waals surface area (Å²) < 4.78 is 56.4. The molecule has 1 atom stereocenters. The highest BCUT2D eigenvalue weighted by Crippen LogP contribution is 2.37. The van der Waals surface area contributed by atoms with Crippen LogP contribution in [0.5, 0.6) is 0 Å². The molecule has 37 heavy (non-hydrogen) atoms. The van der Waals surface area contributed by atoms with Gasteiger partial charge in [0.1, 0.15) is 5.54 Å². The second-order valence-electron chi connectivity index (χ2n) is 8.92. The third kappa shape index (κ3) is 8.52. The van der Waals surface area contributed by atoms with E-state index in [4.69, 9.17) is 15.5 Å². The molecule has 0 aliphatic rings. The number of carbonyl (C=O) groups is 1. The molecule has 0 bridgehead atoms. The molecular weight excluding hydrogens is 508 g/mol. The predicted octanol–water partition coefficient (Wildman–Crippen LogP) is 5.31. The molecule has 5 N–H and O–H groups in total.